The molecule has 0 bridgehead atoms. The molecule has 16 heavy (non-hydrogen) atoms. The highest BCUT2D eigenvalue weighted by molar-refractivity contribution is 5.91. The van der Waals surface area contributed by atoms with Crippen LogP contribution in [-0.2, 0) is 0 Å². The Bertz CT molecular complexity index is 562. The molecule has 2 heteroatoms. The van der Waals surface area contributed by atoms with E-state index in [0.717, 1.165) is 22.3 Å². The zero-order valence-corrected chi connectivity index (χ0v) is 9.54. The Morgan fingerprint density at radius 2 is 2.12 bits per heavy atom. The number of aryl methyl sites for hydroxylation is 1. The minimum atomic E-state index is 0.671. The van der Waals surface area contributed by atoms with Crippen molar-refractivity contribution >= 4 is 16.6 Å². The van der Waals surface area contributed by atoms with E-state index in [-0.39, 0.29) is 0 Å². The summed E-state index contributed by atoms with van der Waals surface area (Å²) in [6.07, 6.45) is 0. The number of fused-ring (bicyclic) bond motifs is 1. The van der Waals surface area contributed by atoms with E-state index in [0.29, 0.717) is 6.54 Å². The van der Waals surface area contributed by atoms with Crippen molar-refractivity contribution < 1.29 is 0 Å². The third-order valence-corrected chi connectivity index (χ3v) is 2.39. The van der Waals surface area contributed by atoms with Gasteiger partial charge in [0.05, 0.1) is 12.1 Å². The highest BCUT2D eigenvalue weighted by Crippen LogP contribution is 2.22. The molecule has 0 radical (unpaired) electrons. The van der Waals surface area contributed by atoms with E-state index in [1.165, 1.54) is 0 Å². The fraction of sp³-hybridized carbons (Fsp3) is 0.214. The van der Waals surface area contributed by atoms with Gasteiger partial charge in [-0.1, -0.05) is 24.1 Å². The second-order valence-corrected chi connectivity index (χ2v) is 3.61. The number of nitrogens with one attached hydrogen (secondary N) is 1. The van der Waals surface area contributed by atoms with Gasteiger partial charge in [-0.2, -0.15) is 0 Å². The quantitative estimate of drug-likeness (QED) is 0.771. The molecule has 1 heterocycles. The van der Waals surface area contributed by atoms with Crippen LogP contribution in [0.3, 0.4) is 0 Å². The number of rotatable bonds is 2. The first kappa shape index (κ1) is 10.5. The fourth-order valence-corrected chi connectivity index (χ4v) is 1.68. The molecule has 1 aromatic carbocycles. The van der Waals surface area contributed by atoms with Crippen molar-refractivity contribution in [1.29, 1.82) is 0 Å². The van der Waals surface area contributed by atoms with Crippen LogP contribution in [0.15, 0.2) is 30.3 Å². The minimum Gasteiger partial charge on any atom is -0.374 e. The molecule has 0 saturated carbocycles. The number of para-hydroxylation sites is 1. The van der Waals surface area contributed by atoms with E-state index in [9.17, 15) is 0 Å². The first-order valence-electron chi connectivity index (χ1n) is 5.31. The Hall–Kier alpha value is -2.01. The van der Waals surface area contributed by atoms with Crippen LogP contribution in [0.2, 0.25) is 0 Å². The van der Waals surface area contributed by atoms with Gasteiger partial charge in [-0.15, -0.1) is 5.92 Å². The van der Waals surface area contributed by atoms with Crippen LogP contribution in [0.1, 0.15) is 12.6 Å². The third-order valence-electron chi connectivity index (χ3n) is 2.39. The van der Waals surface area contributed by atoms with Crippen molar-refractivity contribution in [1.82, 2.24) is 4.98 Å². The second kappa shape index (κ2) is 4.67. The van der Waals surface area contributed by atoms with Crippen LogP contribution < -0.4 is 5.32 Å². The molecular weight excluding hydrogens is 196 g/mol. The highest BCUT2D eigenvalue weighted by atomic mass is 14.9. The summed E-state index contributed by atoms with van der Waals surface area (Å²) in [4.78, 5) is 4.49. The lowest BCUT2D eigenvalue weighted by atomic mass is 10.1. The van der Waals surface area contributed by atoms with Gasteiger partial charge in [-0.3, -0.25) is 4.98 Å². The monoisotopic (exact) mass is 210 g/mol. The van der Waals surface area contributed by atoms with E-state index in [2.05, 4.69) is 34.3 Å². The average molecular weight is 210 g/mol. The number of nitrogens with zero attached hydrogens (tertiary/aromatic N) is 1. The molecular formula is C14H14N2. The van der Waals surface area contributed by atoms with Crippen molar-refractivity contribution in [2.24, 2.45) is 0 Å². The Balaban J connectivity index is 2.44. The number of hydrogen-bond acceptors (Lipinski definition) is 2. The van der Waals surface area contributed by atoms with E-state index in [1.54, 1.807) is 0 Å². The van der Waals surface area contributed by atoms with Crippen LogP contribution in [0.25, 0.3) is 10.9 Å². The average Bonchev–Trinajstić information content (AvgIpc) is 2.29. The summed E-state index contributed by atoms with van der Waals surface area (Å²) in [5.41, 5.74) is 3.14. The van der Waals surface area contributed by atoms with Gasteiger partial charge in [0.15, 0.2) is 0 Å². The summed E-state index contributed by atoms with van der Waals surface area (Å²) in [5.74, 6) is 5.87. The van der Waals surface area contributed by atoms with Crippen LogP contribution >= 0.6 is 0 Å². The largest absolute Gasteiger partial charge is 0.374 e. The molecule has 0 atom stereocenters. The van der Waals surface area contributed by atoms with E-state index < -0.39 is 0 Å². The number of anilines is 1. The molecule has 0 spiro atoms. The summed E-state index contributed by atoms with van der Waals surface area (Å²) in [5, 5.41) is 4.46. The third kappa shape index (κ3) is 2.14. The van der Waals surface area contributed by atoms with Gasteiger partial charge in [0, 0.05) is 16.8 Å². The second-order valence-electron chi connectivity index (χ2n) is 3.61. The Morgan fingerprint density at radius 1 is 1.31 bits per heavy atom. The number of benzene rings is 1. The maximum atomic E-state index is 4.49. The first-order valence-corrected chi connectivity index (χ1v) is 5.31. The molecule has 0 unspecified atom stereocenters. The van der Waals surface area contributed by atoms with Crippen LogP contribution in [0, 0.1) is 18.8 Å². The maximum Gasteiger partial charge on any atom is 0.0766 e. The highest BCUT2D eigenvalue weighted by Gasteiger charge is 2.01. The zero-order chi connectivity index (χ0) is 11.4. The lowest BCUT2D eigenvalue weighted by molar-refractivity contribution is 1.24. The molecule has 1 N–H and O–H groups in total. The standard InChI is InChI=1S/C14H14N2/c1-3-4-9-15-14-10-11(2)16-13-8-6-5-7-12(13)14/h5-8,10H,9H2,1-2H3,(H,15,16). The van der Waals surface area contributed by atoms with Gasteiger partial charge in [0.1, 0.15) is 0 Å². The van der Waals surface area contributed by atoms with Crippen LogP contribution in [-0.4, -0.2) is 11.5 Å². The predicted molar refractivity (Wildman–Crippen MR) is 68.4 cm³/mol. The molecule has 0 saturated heterocycles. The zero-order valence-electron chi connectivity index (χ0n) is 9.54. The lowest BCUT2D eigenvalue weighted by Crippen LogP contribution is -2.00. The normalized spacial score (nSPS) is 9.62. The van der Waals surface area contributed by atoms with E-state index in [4.69, 9.17) is 0 Å². The van der Waals surface area contributed by atoms with Crippen LogP contribution in [0.5, 0.6) is 0 Å². The van der Waals surface area contributed by atoms with E-state index in [1.807, 2.05) is 32.0 Å². The smallest absolute Gasteiger partial charge is 0.0766 e. The van der Waals surface area contributed by atoms with Crippen molar-refractivity contribution in [3.63, 3.8) is 0 Å². The summed E-state index contributed by atoms with van der Waals surface area (Å²) < 4.78 is 0. The number of aromatic nitrogens is 1. The molecule has 2 aromatic rings. The fourth-order valence-electron chi connectivity index (χ4n) is 1.68. The van der Waals surface area contributed by atoms with Gasteiger partial charge in [-0.05, 0) is 26.0 Å². The number of hydrogen-bond donors (Lipinski definition) is 1. The summed E-state index contributed by atoms with van der Waals surface area (Å²) in [6, 6.07) is 10.2. The Labute approximate surface area is 95.7 Å². The number of pyridine rings is 1. The minimum absolute atomic E-state index is 0.671. The van der Waals surface area contributed by atoms with Crippen LogP contribution in [0.4, 0.5) is 5.69 Å². The molecule has 0 fully saturated rings. The summed E-state index contributed by atoms with van der Waals surface area (Å²) in [7, 11) is 0. The molecule has 2 nitrogen and oxygen atoms in total. The van der Waals surface area contributed by atoms with Gasteiger partial charge in [-0.25, -0.2) is 0 Å². The van der Waals surface area contributed by atoms with Crippen molar-refractivity contribution in [2.45, 2.75) is 13.8 Å². The van der Waals surface area contributed by atoms with E-state index >= 15 is 0 Å². The van der Waals surface area contributed by atoms with Crippen molar-refractivity contribution in [2.75, 3.05) is 11.9 Å². The van der Waals surface area contributed by atoms with Crippen molar-refractivity contribution in [3.05, 3.63) is 36.0 Å². The van der Waals surface area contributed by atoms with Gasteiger partial charge in [0.25, 0.3) is 0 Å². The summed E-state index contributed by atoms with van der Waals surface area (Å²) >= 11 is 0. The SMILES string of the molecule is CC#CCNc1cc(C)nc2ccccc12. The van der Waals surface area contributed by atoms with Crippen molar-refractivity contribution in [3.8, 4) is 11.8 Å². The predicted octanol–water partition coefficient (Wildman–Crippen LogP) is 2.98. The lowest BCUT2D eigenvalue weighted by Gasteiger charge is -2.08. The molecule has 0 amide bonds. The van der Waals surface area contributed by atoms with Gasteiger partial charge in [0.2, 0.25) is 0 Å². The molecule has 0 aliphatic rings. The molecule has 0 aliphatic heterocycles. The molecule has 80 valence electrons. The molecule has 0 aliphatic carbocycles. The topological polar surface area (TPSA) is 24.9 Å². The Morgan fingerprint density at radius 3 is 2.94 bits per heavy atom. The van der Waals surface area contributed by atoms with Gasteiger partial charge < -0.3 is 5.32 Å². The summed E-state index contributed by atoms with van der Waals surface area (Å²) in [6.45, 7) is 4.52. The first-order chi connectivity index (χ1) is 7.81. The molecule has 1 aromatic heterocycles. The Kier molecular flexibility index (Phi) is 3.07. The van der Waals surface area contributed by atoms with Gasteiger partial charge >= 0.3 is 0 Å². The molecule has 2 rings (SSSR count). The maximum absolute atomic E-state index is 4.49.